The number of hydrogen-bond donors (Lipinski definition) is 1. The zero-order valence-corrected chi connectivity index (χ0v) is 14.2. The highest BCUT2D eigenvalue weighted by atomic mass is 16.2. The molecule has 0 saturated heterocycles. The molecule has 0 radical (unpaired) electrons. The fourth-order valence-corrected chi connectivity index (χ4v) is 6.11. The van der Waals surface area contributed by atoms with E-state index in [1.165, 1.54) is 37.7 Å². The summed E-state index contributed by atoms with van der Waals surface area (Å²) in [6.45, 7) is 2.66. The van der Waals surface area contributed by atoms with E-state index in [0.29, 0.717) is 17.1 Å². The van der Waals surface area contributed by atoms with Crippen LogP contribution in [0.2, 0.25) is 0 Å². The quantitative estimate of drug-likeness (QED) is 0.769. The summed E-state index contributed by atoms with van der Waals surface area (Å²) in [5.41, 5.74) is 5.05. The Labute approximate surface area is 139 Å². The maximum absolute atomic E-state index is 11.7. The topological polar surface area (TPSA) is 37.3 Å². The van der Waals surface area contributed by atoms with Crippen molar-refractivity contribution >= 4 is 5.78 Å². The molecule has 0 aromatic heterocycles. The lowest BCUT2D eigenvalue weighted by molar-refractivity contribution is -0.114. The third-order valence-corrected chi connectivity index (χ3v) is 7.28. The Hall–Kier alpha value is -1.15. The van der Waals surface area contributed by atoms with Crippen LogP contribution in [0.1, 0.15) is 58.3 Å². The number of aliphatic hydroxyl groups excluding tert-OH is 1. The molecule has 2 saturated carbocycles. The Bertz CT molecular complexity index is 609. The summed E-state index contributed by atoms with van der Waals surface area (Å²) in [6, 6.07) is 0. The molecule has 124 valence electrons. The third kappa shape index (κ3) is 2.38. The molecule has 0 aromatic rings. The fraction of sp³-hybridized carbons (Fsp3) is 0.667. The predicted octanol–water partition coefficient (Wildman–Crippen LogP) is 4.36. The van der Waals surface area contributed by atoms with Gasteiger partial charge in [0.2, 0.25) is 0 Å². The molecule has 4 atom stereocenters. The first-order chi connectivity index (χ1) is 11.1. The van der Waals surface area contributed by atoms with Crippen molar-refractivity contribution in [3.05, 3.63) is 34.9 Å². The lowest BCUT2D eigenvalue weighted by Crippen LogP contribution is -2.39. The van der Waals surface area contributed by atoms with E-state index >= 15 is 0 Å². The van der Waals surface area contributed by atoms with Gasteiger partial charge in [0.25, 0.3) is 0 Å². The van der Waals surface area contributed by atoms with Crippen molar-refractivity contribution in [2.24, 2.45) is 23.2 Å². The van der Waals surface area contributed by atoms with E-state index in [1.807, 2.05) is 12.2 Å². The van der Waals surface area contributed by atoms with Crippen molar-refractivity contribution in [2.75, 3.05) is 6.61 Å². The summed E-state index contributed by atoms with van der Waals surface area (Å²) in [7, 11) is 0. The van der Waals surface area contributed by atoms with E-state index in [-0.39, 0.29) is 6.61 Å². The molecule has 0 aliphatic heterocycles. The van der Waals surface area contributed by atoms with Gasteiger partial charge in [-0.3, -0.25) is 4.79 Å². The Morgan fingerprint density at radius 2 is 2.09 bits per heavy atom. The summed E-state index contributed by atoms with van der Waals surface area (Å²) in [5, 5.41) is 9.12. The number of fused-ring (bicyclic) bond motifs is 4. The highest BCUT2D eigenvalue weighted by Crippen LogP contribution is 2.62. The average Bonchev–Trinajstić information content (AvgIpc) is 2.89. The first kappa shape index (κ1) is 15.4. The Morgan fingerprint density at radius 1 is 1.22 bits per heavy atom. The molecule has 0 aromatic carbocycles. The molecule has 1 N–H and O–H groups in total. The second kappa shape index (κ2) is 5.73. The highest BCUT2D eigenvalue weighted by molar-refractivity contribution is 5.93. The molecule has 0 heterocycles. The molecule has 0 spiro atoms. The van der Waals surface area contributed by atoms with Gasteiger partial charge in [0.15, 0.2) is 5.78 Å². The van der Waals surface area contributed by atoms with Crippen LogP contribution in [0.25, 0.3) is 0 Å². The minimum Gasteiger partial charge on any atom is -0.392 e. The van der Waals surface area contributed by atoms with E-state index in [0.717, 1.165) is 31.1 Å². The fourth-order valence-electron chi connectivity index (χ4n) is 6.11. The minimum absolute atomic E-state index is 0.165. The van der Waals surface area contributed by atoms with E-state index in [2.05, 4.69) is 13.0 Å². The molecule has 4 rings (SSSR count). The van der Waals surface area contributed by atoms with Crippen molar-refractivity contribution in [3.8, 4) is 0 Å². The molecule has 2 fully saturated rings. The standard InChI is InChI=1S/C21H28O2/c1-21-11-10-18-17-8-6-16(23)13-14(17)4-7-19(18)20(21)9-5-15(21)3-2-12-22/h2-3,13,15,19-20,22H,4-12H2,1H3/t15-,19-,20+,21-/m1/s1. The van der Waals surface area contributed by atoms with E-state index < -0.39 is 0 Å². The monoisotopic (exact) mass is 312 g/mol. The van der Waals surface area contributed by atoms with Gasteiger partial charge in [0.1, 0.15) is 0 Å². The van der Waals surface area contributed by atoms with Gasteiger partial charge in [0.05, 0.1) is 6.61 Å². The normalized spacial score (nSPS) is 40.0. The zero-order valence-electron chi connectivity index (χ0n) is 14.2. The van der Waals surface area contributed by atoms with Gasteiger partial charge in [0, 0.05) is 6.42 Å². The van der Waals surface area contributed by atoms with Crippen LogP contribution >= 0.6 is 0 Å². The number of hydrogen-bond acceptors (Lipinski definition) is 2. The second-order valence-electron chi connectivity index (χ2n) is 8.19. The molecule has 2 heteroatoms. The Kier molecular flexibility index (Phi) is 3.84. The third-order valence-electron chi connectivity index (χ3n) is 7.28. The first-order valence-electron chi connectivity index (χ1n) is 9.36. The molecule has 0 amide bonds. The van der Waals surface area contributed by atoms with Gasteiger partial charge in [-0.2, -0.15) is 0 Å². The Morgan fingerprint density at radius 3 is 2.91 bits per heavy atom. The molecule has 2 nitrogen and oxygen atoms in total. The second-order valence-corrected chi connectivity index (χ2v) is 8.19. The molecule has 0 bridgehead atoms. The lowest BCUT2D eigenvalue weighted by atomic mass is 9.56. The first-order valence-corrected chi connectivity index (χ1v) is 9.36. The summed E-state index contributed by atoms with van der Waals surface area (Å²) < 4.78 is 0. The summed E-state index contributed by atoms with van der Waals surface area (Å²) in [5.74, 6) is 2.52. The largest absolute Gasteiger partial charge is 0.392 e. The highest BCUT2D eigenvalue weighted by Gasteiger charge is 2.52. The van der Waals surface area contributed by atoms with Gasteiger partial charge in [-0.1, -0.05) is 24.6 Å². The van der Waals surface area contributed by atoms with Crippen LogP contribution in [-0.4, -0.2) is 17.5 Å². The Balaban J connectivity index is 1.66. The minimum atomic E-state index is 0.165. The van der Waals surface area contributed by atoms with Crippen LogP contribution in [0.5, 0.6) is 0 Å². The van der Waals surface area contributed by atoms with Gasteiger partial charge in [-0.05, 0) is 85.3 Å². The summed E-state index contributed by atoms with van der Waals surface area (Å²) in [4.78, 5) is 11.7. The smallest absolute Gasteiger partial charge is 0.156 e. The van der Waals surface area contributed by atoms with Crippen LogP contribution in [0.4, 0.5) is 0 Å². The van der Waals surface area contributed by atoms with Gasteiger partial charge in [-0.25, -0.2) is 0 Å². The van der Waals surface area contributed by atoms with Crippen molar-refractivity contribution in [1.29, 1.82) is 0 Å². The summed E-state index contributed by atoms with van der Waals surface area (Å²) in [6.07, 6.45) is 15.3. The van der Waals surface area contributed by atoms with Crippen LogP contribution in [0.15, 0.2) is 34.9 Å². The van der Waals surface area contributed by atoms with Crippen molar-refractivity contribution < 1.29 is 9.90 Å². The number of rotatable bonds is 2. The molecule has 4 aliphatic rings. The molecular weight excluding hydrogens is 284 g/mol. The van der Waals surface area contributed by atoms with Crippen LogP contribution in [0, 0.1) is 23.2 Å². The predicted molar refractivity (Wildman–Crippen MR) is 91.9 cm³/mol. The molecule has 4 aliphatic carbocycles. The van der Waals surface area contributed by atoms with Crippen molar-refractivity contribution in [1.82, 2.24) is 0 Å². The van der Waals surface area contributed by atoms with Gasteiger partial charge >= 0.3 is 0 Å². The summed E-state index contributed by atoms with van der Waals surface area (Å²) >= 11 is 0. The van der Waals surface area contributed by atoms with E-state index in [9.17, 15) is 4.79 Å². The van der Waals surface area contributed by atoms with E-state index in [4.69, 9.17) is 5.11 Å². The molecule has 23 heavy (non-hydrogen) atoms. The number of aliphatic hydroxyl groups is 1. The van der Waals surface area contributed by atoms with Crippen LogP contribution in [-0.2, 0) is 4.79 Å². The average molecular weight is 312 g/mol. The number of allylic oxidation sites excluding steroid dienone is 5. The maximum Gasteiger partial charge on any atom is 0.156 e. The van der Waals surface area contributed by atoms with Crippen LogP contribution in [0.3, 0.4) is 0 Å². The van der Waals surface area contributed by atoms with Crippen molar-refractivity contribution in [2.45, 2.75) is 58.3 Å². The SMILES string of the molecule is C[C@]12CCC3=C4CCC(=O)C=C4CC[C@H]3[C@@H]1CC[C@H]2C=CCO. The maximum atomic E-state index is 11.7. The number of carbonyl (C=O) groups is 1. The molecule has 0 unspecified atom stereocenters. The van der Waals surface area contributed by atoms with Crippen molar-refractivity contribution in [3.63, 3.8) is 0 Å². The van der Waals surface area contributed by atoms with Gasteiger partial charge in [-0.15, -0.1) is 0 Å². The number of carbonyl (C=O) groups excluding carboxylic acids is 1. The zero-order chi connectivity index (χ0) is 16.0. The van der Waals surface area contributed by atoms with Gasteiger partial charge < -0.3 is 5.11 Å². The van der Waals surface area contributed by atoms with Crippen LogP contribution < -0.4 is 0 Å². The number of ketones is 1. The lowest BCUT2D eigenvalue weighted by Gasteiger charge is -2.49. The molecular formula is C21H28O2. The van der Waals surface area contributed by atoms with E-state index in [1.54, 1.807) is 11.1 Å².